The van der Waals surface area contributed by atoms with Crippen molar-refractivity contribution in [2.75, 3.05) is 13.7 Å². The topological polar surface area (TPSA) is 40.5 Å². The summed E-state index contributed by atoms with van der Waals surface area (Å²) >= 11 is 0. The molecule has 1 aliphatic heterocycles. The highest BCUT2D eigenvalue weighted by Gasteiger charge is 2.26. The first kappa shape index (κ1) is 10.4. The van der Waals surface area contributed by atoms with Crippen LogP contribution in [0.1, 0.15) is 19.1 Å². The van der Waals surface area contributed by atoms with Crippen molar-refractivity contribution in [3.63, 3.8) is 0 Å². The Morgan fingerprint density at radius 2 is 2.40 bits per heavy atom. The number of rotatable bonds is 3. The molecule has 0 N–H and O–H groups in total. The summed E-state index contributed by atoms with van der Waals surface area (Å²) in [6.45, 7) is 0.595. The molecule has 2 atom stereocenters. The van der Waals surface area contributed by atoms with Crippen molar-refractivity contribution < 1.29 is 9.47 Å². The molecule has 0 amide bonds. The highest BCUT2D eigenvalue weighted by molar-refractivity contribution is 4.94. The molecule has 1 aliphatic rings. The van der Waals surface area contributed by atoms with E-state index in [1.54, 1.807) is 30.0 Å². The molecule has 4 nitrogen and oxygen atoms in total. The zero-order valence-corrected chi connectivity index (χ0v) is 8.76. The van der Waals surface area contributed by atoms with Gasteiger partial charge in [0.15, 0.2) is 0 Å². The quantitative estimate of drug-likeness (QED) is 0.750. The Balaban J connectivity index is 2.08. The van der Waals surface area contributed by atoms with Gasteiger partial charge < -0.3 is 9.47 Å². The lowest BCUT2D eigenvalue weighted by Crippen LogP contribution is -2.24. The molecule has 1 saturated heterocycles. The van der Waals surface area contributed by atoms with Crippen molar-refractivity contribution in [3.8, 4) is 0 Å². The monoisotopic (exact) mass is 209 g/mol. The minimum absolute atomic E-state index is 0.0134. The van der Waals surface area contributed by atoms with Gasteiger partial charge in [-0.1, -0.05) is 6.07 Å². The van der Waals surface area contributed by atoms with E-state index in [2.05, 4.69) is 0 Å². The molecular formula is C11H15NO3. The van der Waals surface area contributed by atoms with E-state index in [4.69, 9.17) is 9.47 Å². The van der Waals surface area contributed by atoms with Gasteiger partial charge in [0.2, 0.25) is 0 Å². The van der Waals surface area contributed by atoms with E-state index < -0.39 is 0 Å². The van der Waals surface area contributed by atoms with Crippen LogP contribution in [0, 0.1) is 0 Å². The molecule has 0 bridgehead atoms. The van der Waals surface area contributed by atoms with Crippen molar-refractivity contribution in [2.24, 2.45) is 0 Å². The summed E-state index contributed by atoms with van der Waals surface area (Å²) < 4.78 is 12.4. The summed E-state index contributed by atoms with van der Waals surface area (Å²) in [6.07, 6.45) is 3.57. The molecule has 82 valence electrons. The first-order valence-corrected chi connectivity index (χ1v) is 5.13. The minimum atomic E-state index is -0.126. The van der Waals surface area contributed by atoms with Crippen molar-refractivity contribution in [1.82, 2.24) is 4.57 Å². The van der Waals surface area contributed by atoms with E-state index in [1.807, 2.05) is 6.07 Å². The number of hydrogen-bond donors (Lipinski definition) is 0. The molecule has 0 unspecified atom stereocenters. The predicted octanol–water partition coefficient (Wildman–Crippen LogP) is 1.17. The maximum atomic E-state index is 11.5. The van der Waals surface area contributed by atoms with Gasteiger partial charge in [-0.05, 0) is 18.9 Å². The molecule has 0 aromatic carbocycles. The zero-order chi connectivity index (χ0) is 10.7. The van der Waals surface area contributed by atoms with Gasteiger partial charge in [-0.2, -0.15) is 0 Å². The van der Waals surface area contributed by atoms with Crippen LogP contribution in [-0.2, 0) is 9.47 Å². The lowest BCUT2D eigenvalue weighted by molar-refractivity contribution is -0.0329. The average Bonchev–Trinajstić information content (AvgIpc) is 2.68. The molecule has 0 radical (unpaired) electrons. The molecule has 2 heterocycles. The maximum absolute atomic E-state index is 11.5. The minimum Gasteiger partial charge on any atom is -0.382 e. The van der Waals surface area contributed by atoms with Crippen molar-refractivity contribution in [1.29, 1.82) is 0 Å². The molecule has 4 heteroatoms. The predicted molar refractivity (Wildman–Crippen MR) is 55.7 cm³/mol. The van der Waals surface area contributed by atoms with Gasteiger partial charge in [-0.15, -0.1) is 0 Å². The normalized spacial score (nSPS) is 25.7. The fourth-order valence-corrected chi connectivity index (χ4v) is 1.88. The highest BCUT2D eigenvalue weighted by Crippen LogP contribution is 2.26. The van der Waals surface area contributed by atoms with Crippen LogP contribution in [0.5, 0.6) is 0 Å². The second-order valence-electron chi connectivity index (χ2n) is 3.69. The molecule has 0 aliphatic carbocycles. The van der Waals surface area contributed by atoms with Gasteiger partial charge in [0.05, 0.1) is 12.7 Å². The van der Waals surface area contributed by atoms with Crippen LogP contribution < -0.4 is 5.56 Å². The van der Waals surface area contributed by atoms with Gasteiger partial charge in [-0.25, -0.2) is 0 Å². The summed E-state index contributed by atoms with van der Waals surface area (Å²) in [5, 5.41) is 0. The Morgan fingerprint density at radius 3 is 3.13 bits per heavy atom. The van der Waals surface area contributed by atoms with Crippen molar-refractivity contribution in [2.45, 2.75) is 25.2 Å². The fourth-order valence-electron chi connectivity index (χ4n) is 1.88. The molecule has 1 aromatic heterocycles. The molecular weight excluding hydrogens is 194 g/mol. The van der Waals surface area contributed by atoms with Gasteiger partial charge >= 0.3 is 0 Å². The molecule has 15 heavy (non-hydrogen) atoms. The van der Waals surface area contributed by atoms with E-state index in [1.165, 1.54) is 0 Å². The zero-order valence-electron chi connectivity index (χ0n) is 8.76. The Bertz CT molecular complexity index is 374. The number of nitrogens with zero attached hydrogens (tertiary/aromatic N) is 1. The highest BCUT2D eigenvalue weighted by atomic mass is 16.5. The third-order valence-electron chi connectivity index (χ3n) is 2.60. The van der Waals surface area contributed by atoms with Gasteiger partial charge in [-0.3, -0.25) is 9.36 Å². The third kappa shape index (κ3) is 2.27. The summed E-state index contributed by atoms with van der Waals surface area (Å²) in [4.78, 5) is 11.5. The Labute approximate surface area is 88.4 Å². The van der Waals surface area contributed by atoms with Gasteiger partial charge in [0, 0.05) is 19.4 Å². The molecule has 1 aromatic rings. The van der Waals surface area contributed by atoms with E-state index in [0.29, 0.717) is 6.61 Å². The second kappa shape index (κ2) is 4.59. The van der Waals surface area contributed by atoms with Crippen molar-refractivity contribution in [3.05, 3.63) is 34.7 Å². The van der Waals surface area contributed by atoms with Crippen LogP contribution >= 0.6 is 0 Å². The Kier molecular flexibility index (Phi) is 3.18. The number of aromatic nitrogens is 1. The standard InChI is InChI=1S/C11H15NO3/c1-14-8-9-5-6-11(15-9)12-7-3-2-4-10(12)13/h2-4,7,9,11H,5-6,8H2,1H3/t9-,11+/m0/s1. The van der Waals surface area contributed by atoms with Crippen LogP contribution in [0.2, 0.25) is 0 Å². The molecule has 0 saturated carbocycles. The van der Waals surface area contributed by atoms with Crippen LogP contribution in [-0.4, -0.2) is 24.4 Å². The largest absolute Gasteiger partial charge is 0.382 e. The number of methoxy groups -OCH3 is 1. The summed E-state index contributed by atoms with van der Waals surface area (Å²) in [6, 6.07) is 5.13. The summed E-state index contributed by atoms with van der Waals surface area (Å²) in [5.41, 5.74) is -0.0134. The van der Waals surface area contributed by atoms with E-state index in [9.17, 15) is 4.79 Å². The number of pyridine rings is 1. The molecule has 2 rings (SSSR count). The Morgan fingerprint density at radius 1 is 1.53 bits per heavy atom. The summed E-state index contributed by atoms with van der Waals surface area (Å²) in [5.74, 6) is 0. The first-order valence-electron chi connectivity index (χ1n) is 5.13. The van der Waals surface area contributed by atoms with E-state index in [0.717, 1.165) is 12.8 Å². The van der Waals surface area contributed by atoms with Crippen LogP contribution in [0.4, 0.5) is 0 Å². The summed E-state index contributed by atoms with van der Waals surface area (Å²) in [7, 11) is 1.66. The SMILES string of the molecule is COC[C@@H]1CC[C@H](n2ccccc2=O)O1. The number of ether oxygens (including phenoxy) is 2. The average molecular weight is 209 g/mol. The van der Waals surface area contributed by atoms with Crippen LogP contribution in [0.15, 0.2) is 29.2 Å². The lowest BCUT2D eigenvalue weighted by Gasteiger charge is -2.15. The fraction of sp³-hybridized carbons (Fsp3) is 0.545. The van der Waals surface area contributed by atoms with Gasteiger partial charge in [0.25, 0.3) is 5.56 Å². The smallest absolute Gasteiger partial charge is 0.252 e. The lowest BCUT2D eigenvalue weighted by atomic mass is 10.2. The van der Waals surface area contributed by atoms with E-state index in [-0.39, 0.29) is 17.9 Å². The molecule has 1 fully saturated rings. The number of hydrogen-bond acceptors (Lipinski definition) is 3. The van der Waals surface area contributed by atoms with Crippen molar-refractivity contribution >= 4 is 0 Å². The first-order chi connectivity index (χ1) is 7.31. The van der Waals surface area contributed by atoms with Crippen LogP contribution in [0.3, 0.4) is 0 Å². The maximum Gasteiger partial charge on any atom is 0.252 e. The van der Waals surface area contributed by atoms with E-state index >= 15 is 0 Å². The second-order valence-corrected chi connectivity index (χ2v) is 3.69. The van der Waals surface area contributed by atoms with Crippen LogP contribution in [0.25, 0.3) is 0 Å². The third-order valence-corrected chi connectivity index (χ3v) is 2.60. The molecule has 0 spiro atoms. The Hall–Kier alpha value is -1.13. The van der Waals surface area contributed by atoms with Gasteiger partial charge in [0.1, 0.15) is 6.23 Å².